The Morgan fingerprint density at radius 2 is 1.91 bits per heavy atom. The summed E-state index contributed by atoms with van der Waals surface area (Å²) in [6.45, 7) is 7.16. The summed E-state index contributed by atoms with van der Waals surface area (Å²) >= 11 is 6.05. The van der Waals surface area contributed by atoms with Gasteiger partial charge in [0.2, 0.25) is 5.91 Å². The third-order valence-corrected chi connectivity index (χ3v) is 4.86. The molecule has 0 radical (unpaired) electrons. The molecule has 3 rings (SSSR count). The van der Waals surface area contributed by atoms with Gasteiger partial charge >= 0.3 is 0 Å². The zero-order chi connectivity index (χ0) is 14.9. The highest BCUT2D eigenvalue weighted by atomic mass is 35.5. The van der Waals surface area contributed by atoms with Gasteiger partial charge in [-0.05, 0) is 38.1 Å². The van der Waals surface area contributed by atoms with E-state index in [1.54, 1.807) is 0 Å². The summed E-state index contributed by atoms with van der Waals surface area (Å²) in [5, 5.41) is 4.06. The topological polar surface area (TPSA) is 35.6 Å². The van der Waals surface area contributed by atoms with Gasteiger partial charge in [0.1, 0.15) is 0 Å². The fraction of sp³-hybridized carbons (Fsp3) is 0.562. The molecule has 2 aliphatic heterocycles. The molecular formula is C16H24Cl3N3O. The number of amides is 1. The van der Waals surface area contributed by atoms with E-state index in [0.29, 0.717) is 5.91 Å². The second-order valence-electron chi connectivity index (χ2n) is 6.25. The third-order valence-electron chi connectivity index (χ3n) is 4.63. The van der Waals surface area contributed by atoms with Gasteiger partial charge in [0.15, 0.2) is 0 Å². The van der Waals surface area contributed by atoms with Gasteiger partial charge in [-0.2, -0.15) is 0 Å². The van der Waals surface area contributed by atoms with Crippen molar-refractivity contribution in [3.8, 4) is 0 Å². The molecule has 1 amide bonds. The van der Waals surface area contributed by atoms with Crippen LogP contribution in [0.4, 0.5) is 5.69 Å². The molecule has 2 saturated heterocycles. The molecule has 4 nitrogen and oxygen atoms in total. The number of anilines is 1. The highest BCUT2D eigenvalue weighted by Crippen LogP contribution is 2.28. The Hall–Kier alpha value is -0.680. The quantitative estimate of drug-likeness (QED) is 0.857. The number of halogens is 3. The summed E-state index contributed by atoms with van der Waals surface area (Å²) in [6, 6.07) is 7.92. The van der Waals surface area contributed by atoms with Crippen LogP contribution in [0.1, 0.15) is 13.3 Å². The molecule has 1 atom stereocenters. The van der Waals surface area contributed by atoms with E-state index >= 15 is 0 Å². The molecule has 23 heavy (non-hydrogen) atoms. The SMILES string of the molecule is CC1(C(=O)N2CCN(c3cccc(Cl)c3)CC2)CCNC1.Cl.Cl. The predicted molar refractivity (Wildman–Crippen MR) is 100 cm³/mol. The van der Waals surface area contributed by atoms with Crippen LogP contribution < -0.4 is 10.2 Å². The normalized spacial score (nSPS) is 23.9. The van der Waals surface area contributed by atoms with E-state index in [0.717, 1.165) is 56.4 Å². The number of hydrogen-bond donors (Lipinski definition) is 1. The number of rotatable bonds is 2. The molecule has 1 aromatic rings. The maximum absolute atomic E-state index is 12.7. The number of nitrogens with one attached hydrogen (secondary N) is 1. The summed E-state index contributed by atoms with van der Waals surface area (Å²) < 4.78 is 0. The molecular weight excluding hydrogens is 357 g/mol. The Kier molecular flexibility index (Phi) is 7.46. The average molecular weight is 381 g/mol. The molecule has 7 heteroatoms. The Morgan fingerprint density at radius 1 is 1.22 bits per heavy atom. The molecule has 2 fully saturated rings. The lowest BCUT2D eigenvalue weighted by Gasteiger charge is -2.39. The smallest absolute Gasteiger partial charge is 0.229 e. The van der Waals surface area contributed by atoms with Crippen molar-refractivity contribution in [2.45, 2.75) is 13.3 Å². The van der Waals surface area contributed by atoms with Gasteiger partial charge < -0.3 is 15.1 Å². The van der Waals surface area contributed by atoms with Crippen LogP contribution >= 0.6 is 36.4 Å². The van der Waals surface area contributed by atoms with Crippen molar-refractivity contribution >= 4 is 48.0 Å². The maximum atomic E-state index is 12.7. The van der Waals surface area contributed by atoms with Gasteiger partial charge in [0.25, 0.3) is 0 Å². The molecule has 2 heterocycles. The van der Waals surface area contributed by atoms with Gasteiger partial charge in [-0.25, -0.2) is 0 Å². The molecule has 0 saturated carbocycles. The monoisotopic (exact) mass is 379 g/mol. The first-order chi connectivity index (χ1) is 10.1. The third kappa shape index (κ3) is 4.44. The van der Waals surface area contributed by atoms with Crippen molar-refractivity contribution < 1.29 is 4.79 Å². The highest BCUT2D eigenvalue weighted by molar-refractivity contribution is 6.30. The number of hydrogen-bond acceptors (Lipinski definition) is 3. The Labute approximate surface area is 155 Å². The maximum Gasteiger partial charge on any atom is 0.229 e. The van der Waals surface area contributed by atoms with E-state index in [2.05, 4.69) is 23.2 Å². The summed E-state index contributed by atoms with van der Waals surface area (Å²) in [5.41, 5.74) is 0.932. The summed E-state index contributed by atoms with van der Waals surface area (Å²) in [4.78, 5) is 17.0. The average Bonchev–Trinajstić information content (AvgIpc) is 2.95. The van der Waals surface area contributed by atoms with Crippen molar-refractivity contribution in [3.05, 3.63) is 29.3 Å². The lowest BCUT2D eigenvalue weighted by molar-refractivity contribution is -0.140. The van der Waals surface area contributed by atoms with E-state index < -0.39 is 0 Å². The molecule has 0 spiro atoms. The minimum Gasteiger partial charge on any atom is -0.368 e. The molecule has 0 aromatic heterocycles. The predicted octanol–water partition coefficient (Wildman–Crippen LogP) is 2.83. The van der Waals surface area contributed by atoms with Crippen molar-refractivity contribution in [1.29, 1.82) is 0 Å². The second kappa shape index (κ2) is 8.43. The number of benzene rings is 1. The molecule has 0 bridgehead atoms. The summed E-state index contributed by atoms with van der Waals surface area (Å²) in [5.74, 6) is 0.304. The number of carbonyl (C=O) groups is 1. The first kappa shape index (κ1) is 20.4. The zero-order valence-electron chi connectivity index (χ0n) is 13.3. The Morgan fingerprint density at radius 3 is 2.48 bits per heavy atom. The second-order valence-corrected chi connectivity index (χ2v) is 6.68. The van der Waals surface area contributed by atoms with Gasteiger partial charge in [0, 0.05) is 43.4 Å². The molecule has 2 aliphatic rings. The van der Waals surface area contributed by atoms with Crippen LogP contribution in [0.25, 0.3) is 0 Å². The van der Waals surface area contributed by atoms with Gasteiger partial charge in [-0.1, -0.05) is 17.7 Å². The van der Waals surface area contributed by atoms with Crippen LogP contribution in [0.5, 0.6) is 0 Å². The first-order valence-corrected chi connectivity index (χ1v) is 7.97. The molecule has 1 aromatic carbocycles. The van der Waals surface area contributed by atoms with Crippen molar-refractivity contribution in [1.82, 2.24) is 10.2 Å². The van der Waals surface area contributed by atoms with Crippen LogP contribution in [-0.4, -0.2) is 50.1 Å². The minimum atomic E-state index is -0.210. The first-order valence-electron chi connectivity index (χ1n) is 7.59. The number of nitrogens with zero attached hydrogens (tertiary/aromatic N) is 2. The summed E-state index contributed by atoms with van der Waals surface area (Å²) in [7, 11) is 0. The van der Waals surface area contributed by atoms with E-state index in [4.69, 9.17) is 11.6 Å². The molecule has 1 N–H and O–H groups in total. The zero-order valence-corrected chi connectivity index (χ0v) is 15.6. The van der Waals surface area contributed by atoms with Crippen molar-refractivity contribution in [3.63, 3.8) is 0 Å². The standard InChI is InChI=1S/C16H22ClN3O.2ClH/c1-16(5-6-18-12-16)15(21)20-9-7-19(8-10-20)14-4-2-3-13(17)11-14;;/h2-4,11,18H,5-10,12H2,1H3;2*1H. The number of piperazine rings is 1. The van der Waals surface area contributed by atoms with E-state index in [9.17, 15) is 4.79 Å². The highest BCUT2D eigenvalue weighted by Gasteiger charge is 2.39. The van der Waals surface area contributed by atoms with Crippen LogP contribution in [-0.2, 0) is 4.79 Å². The van der Waals surface area contributed by atoms with Crippen LogP contribution in [0.15, 0.2) is 24.3 Å². The van der Waals surface area contributed by atoms with E-state index in [1.165, 1.54) is 0 Å². The van der Waals surface area contributed by atoms with Crippen LogP contribution in [0, 0.1) is 5.41 Å². The minimum absolute atomic E-state index is 0. The number of carbonyl (C=O) groups excluding carboxylic acids is 1. The summed E-state index contributed by atoms with van der Waals surface area (Å²) in [6.07, 6.45) is 0.945. The van der Waals surface area contributed by atoms with Gasteiger partial charge in [0.05, 0.1) is 5.41 Å². The van der Waals surface area contributed by atoms with Crippen molar-refractivity contribution in [2.24, 2.45) is 5.41 Å². The largest absolute Gasteiger partial charge is 0.368 e. The lowest BCUT2D eigenvalue weighted by atomic mass is 9.88. The fourth-order valence-corrected chi connectivity index (χ4v) is 3.41. The van der Waals surface area contributed by atoms with Crippen molar-refractivity contribution in [2.75, 3.05) is 44.2 Å². The van der Waals surface area contributed by atoms with Crippen LogP contribution in [0.2, 0.25) is 5.02 Å². The lowest BCUT2D eigenvalue weighted by Crippen LogP contribution is -2.53. The van der Waals surface area contributed by atoms with E-state index in [1.807, 2.05) is 23.1 Å². The Bertz CT molecular complexity index is 527. The molecule has 0 aliphatic carbocycles. The van der Waals surface area contributed by atoms with Gasteiger partial charge in [-0.15, -0.1) is 24.8 Å². The van der Waals surface area contributed by atoms with Crippen LogP contribution in [0.3, 0.4) is 0 Å². The van der Waals surface area contributed by atoms with Gasteiger partial charge in [-0.3, -0.25) is 4.79 Å². The molecule has 1 unspecified atom stereocenters. The molecule has 130 valence electrons. The van der Waals surface area contributed by atoms with E-state index in [-0.39, 0.29) is 30.2 Å². The Balaban J connectivity index is 0.00000132. The fourth-order valence-electron chi connectivity index (χ4n) is 3.22.